The van der Waals surface area contributed by atoms with Gasteiger partial charge in [0, 0.05) is 46.8 Å². The second kappa shape index (κ2) is 7.02. The van der Waals surface area contributed by atoms with Crippen LogP contribution in [0.1, 0.15) is 37.6 Å². The predicted octanol–water partition coefficient (Wildman–Crippen LogP) is 2.50. The number of hydrogen-bond donors (Lipinski definition) is 2. The molecule has 1 aliphatic rings. The van der Waals surface area contributed by atoms with E-state index in [9.17, 15) is 4.79 Å². The van der Waals surface area contributed by atoms with E-state index >= 15 is 0 Å². The first-order valence-corrected chi connectivity index (χ1v) is 8.69. The van der Waals surface area contributed by atoms with Gasteiger partial charge >= 0.3 is 0 Å². The minimum atomic E-state index is 0.0482. The summed E-state index contributed by atoms with van der Waals surface area (Å²) in [5.41, 5.74) is 6.35. The second-order valence-corrected chi connectivity index (χ2v) is 7.22. The number of carbonyl (C=O) groups is 1. The second-order valence-electron chi connectivity index (χ2n) is 5.37. The SMILES string of the molecule is CCC(N)C(c1cc(Br)cs1)N1CCC(NC(C)=O)C1. The first-order chi connectivity index (χ1) is 9.51. The van der Waals surface area contributed by atoms with Gasteiger partial charge < -0.3 is 11.1 Å². The smallest absolute Gasteiger partial charge is 0.217 e. The van der Waals surface area contributed by atoms with E-state index in [1.807, 2.05) is 0 Å². The standard InChI is InChI=1S/C14H22BrN3OS/c1-3-12(16)14(13-6-10(15)8-20-13)18-5-4-11(7-18)17-9(2)19/h6,8,11-12,14H,3-5,7,16H2,1-2H3,(H,17,19). The van der Waals surface area contributed by atoms with Crippen LogP contribution in [0.25, 0.3) is 0 Å². The molecule has 0 aromatic carbocycles. The van der Waals surface area contributed by atoms with Crippen LogP contribution in [-0.2, 0) is 4.79 Å². The average Bonchev–Trinajstić information content (AvgIpc) is 2.99. The Balaban J connectivity index is 2.10. The van der Waals surface area contributed by atoms with Crippen molar-refractivity contribution in [3.8, 4) is 0 Å². The molecular weight excluding hydrogens is 338 g/mol. The molecule has 0 saturated carbocycles. The topological polar surface area (TPSA) is 58.4 Å². The number of thiophene rings is 1. The normalized spacial score (nSPS) is 22.7. The van der Waals surface area contributed by atoms with Crippen LogP contribution in [0.5, 0.6) is 0 Å². The van der Waals surface area contributed by atoms with Crippen LogP contribution < -0.4 is 11.1 Å². The average molecular weight is 360 g/mol. The molecule has 1 saturated heterocycles. The molecule has 0 bridgehead atoms. The summed E-state index contributed by atoms with van der Waals surface area (Å²) >= 11 is 5.27. The third-order valence-electron chi connectivity index (χ3n) is 3.78. The van der Waals surface area contributed by atoms with Gasteiger partial charge in [-0.05, 0) is 34.8 Å². The lowest BCUT2D eigenvalue weighted by atomic mass is 10.0. The molecule has 1 aliphatic heterocycles. The fourth-order valence-electron chi connectivity index (χ4n) is 2.81. The molecule has 0 aliphatic carbocycles. The maximum Gasteiger partial charge on any atom is 0.217 e. The number of rotatable bonds is 5. The minimum Gasteiger partial charge on any atom is -0.352 e. The molecule has 20 heavy (non-hydrogen) atoms. The van der Waals surface area contributed by atoms with Crippen LogP contribution in [0, 0.1) is 0 Å². The Hall–Kier alpha value is -0.430. The molecule has 3 unspecified atom stereocenters. The van der Waals surface area contributed by atoms with Crippen molar-refractivity contribution in [1.29, 1.82) is 0 Å². The monoisotopic (exact) mass is 359 g/mol. The van der Waals surface area contributed by atoms with Gasteiger partial charge in [0.25, 0.3) is 0 Å². The molecule has 2 rings (SSSR count). The van der Waals surface area contributed by atoms with E-state index in [1.165, 1.54) is 4.88 Å². The van der Waals surface area contributed by atoms with E-state index in [-0.39, 0.29) is 24.0 Å². The molecule has 2 heterocycles. The van der Waals surface area contributed by atoms with Crippen LogP contribution >= 0.6 is 27.3 Å². The van der Waals surface area contributed by atoms with Crippen molar-refractivity contribution in [3.05, 3.63) is 20.8 Å². The van der Waals surface area contributed by atoms with Gasteiger partial charge in [-0.15, -0.1) is 11.3 Å². The summed E-state index contributed by atoms with van der Waals surface area (Å²) in [6.07, 6.45) is 1.94. The Labute approximate surface area is 132 Å². The summed E-state index contributed by atoms with van der Waals surface area (Å²) in [4.78, 5) is 14.9. The third kappa shape index (κ3) is 3.81. The molecule has 0 radical (unpaired) electrons. The number of nitrogens with one attached hydrogen (secondary N) is 1. The zero-order valence-corrected chi connectivity index (χ0v) is 14.3. The van der Waals surface area contributed by atoms with E-state index in [0.717, 1.165) is 30.4 Å². The van der Waals surface area contributed by atoms with Gasteiger partial charge in [-0.1, -0.05) is 6.92 Å². The van der Waals surface area contributed by atoms with Crippen LogP contribution in [0.3, 0.4) is 0 Å². The summed E-state index contributed by atoms with van der Waals surface area (Å²) in [5, 5.41) is 5.12. The van der Waals surface area contributed by atoms with Gasteiger partial charge in [-0.3, -0.25) is 9.69 Å². The molecule has 0 spiro atoms. The first kappa shape index (κ1) is 15.9. The van der Waals surface area contributed by atoms with E-state index in [1.54, 1.807) is 18.3 Å². The maximum atomic E-state index is 11.2. The number of carbonyl (C=O) groups excluding carboxylic acids is 1. The predicted molar refractivity (Wildman–Crippen MR) is 86.8 cm³/mol. The van der Waals surface area contributed by atoms with E-state index in [2.05, 4.69) is 44.5 Å². The summed E-state index contributed by atoms with van der Waals surface area (Å²) in [5.74, 6) is 0.0482. The Morgan fingerprint density at radius 2 is 2.45 bits per heavy atom. The fraction of sp³-hybridized carbons (Fsp3) is 0.643. The minimum absolute atomic E-state index is 0.0482. The lowest BCUT2D eigenvalue weighted by Crippen LogP contribution is -2.41. The molecule has 112 valence electrons. The molecule has 3 atom stereocenters. The lowest BCUT2D eigenvalue weighted by Gasteiger charge is -2.31. The quantitative estimate of drug-likeness (QED) is 0.848. The maximum absolute atomic E-state index is 11.2. The Morgan fingerprint density at radius 3 is 3.00 bits per heavy atom. The Bertz CT molecular complexity index is 465. The zero-order valence-electron chi connectivity index (χ0n) is 11.9. The van der Waals surface area contributed by atoms with Crippen LogP contribution in [0.2, 0.25) is 0 Å². The van der Waals surface area contributed by atoms with Crippen molar-refractivity contribution in [3.63, 3.8) is 0 Å². The molecule has 4 nitrogen and oxygen atoms in total. The molecule has 1 aromatic heterocycles. The molecule has 3 N–H and O–H groups in total. The van der Waals surface area contributed by atoms with Crippen molar-refractivity contribution in [1.82, 2.24) is 10.2 Å². The Morgan fingerprint density at radius 1 is 1.70 bits per heavy atom. The molecule has 6 heteroatoms. The first-order valence-electron chi connectivity index (χ1n) is 7.02. The van der Waals surface area contributed by atoms with E-state index in [0.29, 0.717) is 0 Å². The van der Waals surface area contributed by atoms with Crippen LogP contribution in [-0.4, -0.2) is 36.0 Å². The number of nitrogens with two attached hydrogens (primary N) is 1. The van der Waals surface area contributed by atoms with Crippen molar-refractivity contribution in [2.24, 2.45) is 5.73 Å². The summed E-state index contributed by atoms with van der Waals surface area (Å²) < 4.78 is 1.11. The summed E-state index contributed by atoms with van der Waals surface area (Å²) in [6, 6.07) is 2.78. The van der Waals surface area contributed by atoms with E-state index < -0.39 is 0 Å². The summed E-state index contributed by atoms with van der Waals surface area (Å²) in [6.45, 7) is 5.57. The highest BCUT2D eigenvalue weighted by molar-refractivity contribution is 9.10. The van der Waals surface area contributed by atoms with Gasteiger partial charge in [0.1, 0.15) is 0 Å². The third-order valence-corrected chi connectivity index (χ3v) is 5.54. The van der Waals surface area contributed by atoms with E-state index in [4.69, 9.17) is 5.73 Å². The molecular formula is C14H22BrN3OS. The zero-order chi connectivity index (χ0) is 14.7. The number of hydrogen-bond acceptors (Lipinski definition) is 4. The largest absolute Gasteiger partial charge is 0.352 e. The fourth-order valence-corrected chi connectivity index (χ4v) is 4.47. The van der Waals surface area contributed by atoms with Crippen LogP contribution in [0.15, 0.2) is 15.9 Å². The van der Waals surface area contributed by atoms with Gasteiger partial charge in [0.15, 0.2) is 0 Å². The van der Waals surface area contributed by atoms with Crippen molar-refractivity contribution < 1.29 is 4.79 Å². The number of halogens is 1. The lowest BCUT2D eigenvalue weighted by molar-refractivity contribution is -0.119. The number of likely N-dealkylation sites (tertiary alicyclic amines) is 1. The highest BCUT2D eigenvalue weighted by atomic mass is 79.9. The number of nitrogens with zero attached hydrogens (tertiary/aromatic N) is 1. The van der Waals surface area contributed by atoms with Crippen molar-refractivity contribution >= 4 is 33.2 Å². The van der Waals surface area contributed by atoms with Crippen molar-refractivity contribution in [2.75, 3.05) is 13.1 Å². The molecule has 1 amide bonds. The molecule has 1 fully saturated rings. The van der Waals surface area contributed by atoms with Crippen molar-refractivity contribution in [2.45, 2.75) is 44.8 Å². The number of amides is 1. The highest BCUT2D eigenvalue weighted by Gasteiger charge is 2.33. The highest BCUT2D eigenvalue weighted by Crippen LogP contribution is 2.34. The van der Waals surface area contributed by atoms with Gasteiger partial charge in [-0.2, -0.15) is 0 Å². The van der Waals surface area contributed by atoms with Gasteiger partial charge in [0.05, 0.1) is 6.04 Å². The van der Waals surface area contributed by atoms with Gasteiger partial charge in [0.2, 0.25) is 5.91 Å². The molecule has 1 aromatic rings. The Kier molecular flexibility index (Phi) is 5.60. The van der Waals surface area contributed by atoms with Crippen LogP contribution in [0.4, 0.5) is 0 Å². The van der Waals surface area contributed by atoms with Gasteiger partial charge in [-0.25, -0.2) is 0 Å². The summed E-state index contributed by atoms with van der Waals surface area (Å²) in [7, 11) is 0.